The van der Waals surface area contributed by atoms with Gasteiger partial charge in [-0.05, 0) is 32.4 Å². The lowest BCUT2D eigenvalue weighted by Crippen LogP contribution is -2.24. The van der Waals surface area contributed by atoms with Crippen LogP contribution in [-0.2, 0) is 6.54 Å². The van der Waals surface area contributed by atoms with Crippen molar-refractivity contribution in [3.05, 3.63) is 85.8 Å². The minimum atomic E-state index is -0.269. The molecule has 0 bridgehead atoms. The van der Waals surface area contributed by atoms with Crippen molar-refractivity contribution in [2.45, 2.75) is 27.3 Å². The minimum Gasteiger partial charge on any atom is -0.308 e. The Balaban J connectivity index is 1.92. The summed E-state index contributed by atoms with van der Waals surface area (Å²) in [6, 6.07) is 13.0. The number of benzene rings is 1. The van der Waals surface area contributed by atoms with Crippen LogP contribution in [0.5, 0.6) is 0 Å². The molecule has 0 atom stereocenters. The van der Waals surface area contributed by atoms with Crippen LogP contribution in [0, 0.1) is 20.8 Å². The van der Waals surface area contributed by atoms with Crippen molar-refractivity contribution >= 4 is 10.9 Å². The lowest BCUT2D eigenvalue weighted by Gasteiger charge is -2.10. The van der Waals surface area contributed by atoms with Crippen LogP contribution in [0.15, 0.2) is 52.1 Å². The van der Waals surface area contributed by atoms with Gasteiger partial charge in [-0.2, -0.15) is 4.68 Å². The third-order valence-electron chi connectivity index (χ3n) is 4.57. The lowest BCUT2D eigenvalue weighted by molar-refractivity contribution is 0.738. The maximum atomic E-state index is 13.0. The molecule has 0 unspecified atom stereocenters. The molecule has 0 saturated heterocycles. The second-order valence-electron chi connectivity index (χ2n) is 6.63. The molecule has 0 amide bonds. The SMILES string of the molecule is Cc1cc(C)nc(-n2[nH]c3cc(=O)n(Cc4ccccc4)c(C)c3c2=O)n1. The topological polar surface area (TPSA) is 85.6 Å². The molecule has 4 rings (SSSR count). The summed E-state index contributed by atoms with van der Waals surface area (Å²) < 4.78 is 2.91. The normalized spacial score (nSPS) is 11.2. The molecule has 7 nitrogen and oxygen atoms in total. The molecule has 0 saturated carbocycles. The van der Waals surface area contributed by atoms with E-state index < -0.39 is 0 Å². The zero-order chi connectivity index (χ0) is 19.1. The van der Waals surface area contributed by atoms with Gasteiger partial charge in [-0.3, -0.25) is 14.7 Å². The standard InChI is InChI=1S/C20H19N5O2/c1-12-9-13(2)22-20(21-12)25-19(27)18-14(3)24(17(26)10-16(18)23-25)11-15-7-5-4-6-8-15/h4-10,23H,11H2,1-3H3. The number of aromatic nitrogens is 5. The van der Waals surface area contributed by atoms with Gasteiger partial charge in [0.25, 0.3) is 17.1 Å². The smallest absolute Gasteiger partial charge is 0.283 e. The number of aryl methyl sites for hydroxylation is 3. The second kappa shape index (κ2) is 6.35. The maximum absolute atomic E-state index is 13.0. The molecule has 136 valence electrons. The second-order valence-corrected chi connectivity index (χ2v) is 6.63. The van der Waals surface area contributed by atoms with Gasteiger partial charge in [0.2, 0.25) is 0 Å². The highest BCUT2D eigenvalue weighted by Crippen LogP contribution is 2.14. The van der Waals surface area contributed by atoms with Gasteiger partial charge in [-0.25, -0.2) is 9.97 Å². The molecule has 7 heteroatoms. The quantitative estimate of drug-likeness (QED) is 0.606. The van der Waals surface area contributed by atoms with Crippen molar-refractivity contribution in [3.8, 4) is 5.95 Å². The number of nitrogens with zero attached hydrogens (tertiary/aromatic N) is 4. The fourth-order valence-electron chi connectivity index (χ4n) is 3.32. The summed E-state index contributed by atoms with van der Waals surface area (Å²) in [5.74, 6) is 0.273. The van der Waals surface area contributed by atoms with Crippen LogP contribution in [0.25, 0.3) is 16.9 Å². The van der Waals surface area contributed by atoms with E-state index >= 15 is 0 Å². The molecular formula is C20H19N5O2. The van der Waals surface area contributed by atoms with Crippen molar-refractivity contribution in [2.24, 2.45) is 0 Å². The Hall–Kier alpha value is -3.48. The predicted molar refractivity (Wildman–Crippen MR) is 104 cm³/mol. The van der Waals surface area contributed by atoms with Crippen molar-refractivity contribution in [3.63, 3.8) is 0 Å². The van der Waals surface area contributed by atoms with E-state index in [1.807, 2.05) is 50.2 Å². The van der Waals surface area contributed by atoms with Crippen LogP contribution in [-0.4, -0.2) is 24.3 Å². The fraction of sp³-hybridized carbons (Fsp3) is 0.200. The molecule has 1 aromatic carbocycles. The highest BCUT2D eigenvalue weighted by molar-refractivity contribution is 5.80. The highest BCUT2D eigenvalue weighted by Gasteiger charge is 2.16. The average molecular weight is 361 g/mol. The summed E-state index contributed by atoms with van der Waals surface area (Å²) in [7, 11) is 0. The molecule has 0 aliphatic carbocycles. The molecule has 3 aromatic heterocycles. The number of H-pyrrole nitrogens is 1. The Bertz CT molecular complexity index is 1250. The van der Waals surface area contributed by atoms with Crippen molar-refractivity contribution in [2.75, 3.05) is 0 Å². The van der Waals surface area contributed by atoms with E-state index in [0.717, 1.165) is 17.0 Å². The Labute approximate surface area is 154 Å². The molecule has 0 spiro atoms. The van der Waals surface area contributed by atoms with Crippen LogP contribution in [0.1, 0.15) is 22.6 Å². The molecule has 0 radical (unpaired) electrons. The minimum absolute atomic E-state index is 0.168. The molecule has 4 aromatic rings. The zero-order valence-corrected chi connectivity index (χ0v) is 15.4. The van der Waals surface area contributed by atoms with Crippen LogP contribution < -0.4 is 11.1 Å². The number of aromatic amines is 1. The van der Waals surface area contributed by atoms with E-state index in [1.54, 1.807) is 11.5 Å². The number of hydrogen-bond donors (Lipinski definition) is 1. The predicted octanol–water partition coefficient (Wildman–Crippen LogP) is 2.24. The van der Waals surface area contributed by atoms with Crippen LogP contribution in [0.4, 0.5) is 0 Å². The number of pyridine rings is 1. The van der Waals surface area contributed by atoms with E-state index in [0.29, 0.717) is 23.1 Å². The van der Waals surface area contributed by atoms with Crippen molar-refractivity contribution in [1.29, 1.82) is 0 Å². The van der Waals surface area contributed by atoms with Gasteiger partial charge in [-0.15, -0.1) is 0 Å². The van der Waals surface area contributed by atoms with Crippen LogP contribution in [0.2, 0.25) is 0 Å². The van der Waals surface area contributed by atoms with Gasteiger partial charge in [0.05, 0.1) is 17.4 Å². The first-order valence-corrected chi connectivity index (χ1v) is 8.66. The third-order valence-corrected chi connectivity index (χ3v) is 4.57. The Morgan fingerprint density at radius 2 is 1.63 bits per heavy atom. The molecule has 0 aliphatic heterocycles. The summed E-state index contributed by atoms with van der Waals surface area (Å²) in [5.41, 5.74) is 3.19. The van der Waals surface area contributed by atoms with Crippen molar-refractivity contribution < 1.29 is 0 Å². The number of nitrogens with one attached hydrogen (secondary N) is 1. The van der Waals surface area contributed by atoms with E-state index in [1.165, 1.54) is 10.7 Å². The Kier molecular flexibility index (Phi) is 3.99. The molecule has 0 aliphatic rings. The first-order valence-electron chi connectivity index (χ1n) is 8.66. The van der Waals surface area contributed by atoms with Crippen LogP contribution >= 0.6 is 0 Å². The molecular weight excluding hydrogens is 342 g/mol. The van der Waals surface area contributed by atoms with E-state index in [9.17, 15) is 9.59 Å². The zero-order valence-electron chi connectivity index (χ0n) is 15.4. The summed E-state index contributed by atoms with van der Waals surface area (Å²) in [4.78, 5) is 34.3. The Morgan fingerprint density at radius 3 is 2.30 bits per heavy atom. The largest absolute Gasteiger partial charge is 0.308 e. The highest BCUT2D eigenvalue weighted by atomic mass is 16.1. The summed E-state index contributed by atoms with van der Waals surface area (Å²) in [6.45, 7) is 5.89. The van der Waals surface area contributed by atoms with E-state index in [-0.39, 0.29) is 17.1 Å². The number of hydrogen-bond acceptors (Lipinski definition) is 4. The van der Waals surface area contributed by atoms with Gasteiger partial charge >= 0.3 is 0 Å². The third kappa shape index (κ3) is 2.97. The first kappa shape index (κ1) is 17.0. The monoisotopic (exact) mass is 361 g/mol. The van der Waals surface area contributed by atoms with Gasteiger partial charge in [0.1, 0.15) is 0 Å². The van der Waals surface area contributed by atoms with E-state index in [4.69, 9.17) is 0 Å². The molecule has 1 N–H and O–H groups in total. The Morgan fingerprint density at radius 1 is 0.963 bits per heavy atom. The average Bonchev–Trinajstić information content (AvgIpc) is 2.95. The van der Waals surface area contributed by atoms with Gasteiger partial charge in [-0.1, -0.05) is 30.3 Å². The van der Waals surface area contributed by atoms with Crippen molar-refractivity contribution in [1.82, 2.24) is 24.3 Å². The summed E-state index contributed by atoms with van der Waals surface area (Å²) in [6.07, 6.45) is 0. The fourth-order valence-corrected chi connectivity index (χ4v) is 3.32. The lowest BCUT2D eigenvalue weighted by atomic mass is 10.2. The number of fused-ring (bicyclic) bond motifs is 1. The first-order chi connectivity index (χ1) is 12.9. The van der Waals surface area contributed by atoms with E-state index in [2.05, 4.69) is 15.1 Å². The summed E-state index contributed by atoms with van der Waals surface area (Å²) in [5, 5.41) is 3.44. The molecule has 3 heterocycles. The summed E-state index contributed by atoms with van der Waals surface area (Å²) >= 11 is 0. The van der Waals surface area contributed by atoms with Gasteiger partial charge < -0.3 is 4.57 Å². The maximum Gasteiger partial charge on any atom is 0.283 e. The molecule has 27 heavy (non-hydrogen) atoms. The van der Waals surface area contributed by atoms with Gasteiger partial charge in [0.15, 0.2) is 0 Å². The number of rotatable bonds is 3. The van der Waals surface area contributed by atoms with Crippen LogP contribution in [0.3, 0.4) is 0 Å². The molecule has 0 fully saturated rings. The van der Waals surface area contributed by atoms with Gasteiger partial charge in [0, 0.05) is 23.1 Å².